The number of nitrogens with zero attached hydrogens (tertiary/aromatic N) is 4. The van der Waals surface area contributed by atoms with Gasteiger partial charge in [-0.05, 0) is 49.7 Å². The van der Waals surface area contributed by atoms with Crippen LogP contribution >= 0.6 is 0 Å². The van der Waals surface area contributed by atoms with Crippen molar-refractivity contribution in [3.05, 3.63) is 60.2 Å². The van der Waals surface area contributed by atoms with Gasteiger partial charge in [0, 0.05) is 53.9 Å². The number of fused-ring (bicyclic) bond motifs is 3. The molecule has 4 aromatic rings. The number of oxime groups is 1. The minimum absolute atomic E-state index is 0.430. The molecule has 27 heavy (non-hydrogen) atoms. The molecular formula is C21H20N4O2. The van der Waals surface area contributed by atoms with Crippen molar-refractivity contribution >= 4 is 33.5 Å². The molecule has 0 aliphatic rings. The molecule has 0 aliphatic heterocycles. The zero-order valence-corrected chi connectivity index (χ0v) is 15.7. The Balaban J connectivity index is 1.91. The lowest BCUT2D eigenvalue weighted by atomic mass is 10.1. The van der Waals surface area contributed by atoms with Gasteiger partial charge in [-0.15, -0.1) is 0 Å². The van der Waals surface area contributed by atoms with E-state index in [0.29, 0.717) is 5.71 Å². The van der Waals surface area contributed by atoms with Gasteiger partial charge in [-0.2, -0.15) is 0 Å². The van der Waals surface area contributed by atoms with E-state index in [9.17, 15) is 4.79 Å². The molecule has 0 spiro atoms. The quantitative estimate of drug-likeness (QED) is 0.314. The molecule has 136 valence electrons. The number of carbonyl (C=O) groups excluding carboxylic acids is 1. The minimum atomic E-state index is -0.430. The Labute approximate surface area is 156 Å². The van der Waals surface area contributed by atoms with Crippen molar-refractivity contribution in [2.45, 2.75) is 20.8 Å². The summed E-state index contributed by atoms with van der Waals surface area (Å²) in [5, 5.41) is 6.19. The molecule has 6 nitrogen and oxygen atoms in total. The van der Waals surface area contributed by atoms with E-state index in [1.54, 1.807) is 6.20 Å². The fourth-order valence-corrected chi connectivity index (χ4v) is 3.42. The van der Waals surface area contributed by atoms with Crippen LogP contribution in [0.3, 0.4) is 0 Å². The van der Waals surface area contributed by atoms with Crippen LogP contribution in [0.2, 0.25) is 0 Å². The summed E-state index contributed by atoms with van der Waals surface area (Å²) in [6.07, 6.45) is 3.76. The van der Waals surface area contributed by atoms with E-state index in [4.69, 9.17) is 4.84 Å². The third-order valence-electron chi connectivity index (χ3n) is 4.82. The number of imidazole rings is 1. The molecule has 0 atom stereocenters. The molecule has 4 rings (SSSR count). The van der Waals surface area contributed by atoms with Gasteiger partial charge in [0.25, 0.3) is 0 Å². The summed E-state index contributed by atoms with van der Waals surface area (Å²) in [6, 6.07) is 12.6. The van der Waals surface area contributed by atoms with Gasteiger partial charge in [-0.1, -0.05) is 11.2 Å². The Morgan fingerprint density at radius 2 is 1.78 bits per heavy atom. The maximum Gasteiger partial charge on any atom is 0.331 e. The number of aryl methyl sites for hydroxylation is 2. The van der Waals surface area contributed by atoms with Gasteiger partial charge in [0.2, 0.25) is 0 Å². The van der Waals surface area contributed by atoms with E-state index in [-0.39, 0.29) is 0 Å². The summed E-state index contributed by atoms with van der Waals surface area (Å²) in [5.41, 5.74) is 4.93. The molecule has 0 bridgehead atoms. The maximum atomic E-state index is 11.0. The molecule has 0 N–H and O–H groups in total. The zero-order valence-electron chi connectivity index (χ0n) is 15.7. The predicted octanol–water partition coefficient (Wildman–Crippen LogP) is 4.11. The van der Waals surface area contributed by atoms with E-state index in [1.165, 1.54) is 6.92 Å². The van der Waals surface area contributed by atoms with Gasteiger partial charge in [-0.25, -0.2) is 9.78 Å². The van der Waals surface area contributed by atoms with Crippen LogP contribution in [0.5, 0.6) is 0 Å². The Bertz CT molecular complexity index is 1210. The molecule has 0 amide bonds. The Kier molecular flexibility index (Phi) is 4.03. The fraction of sp³-hybridized carbons (Fsp3) is 0.190. The second kappa shape index (κ2) is 6.39. The number of rotatable bonds is 3. The van der Waals surface area contributed by atoms with Gasteiger partial charge in [0.15, 0.2) is 0 Å². The van der Waals surface area contributed by atoms with Gasteiger partial charge in [0.05, 0.1) is 5.71 Å². The number of carbonyl (C=O) groups is 1. The van der Waals surface area contributed by atoms with Crippen LogP contribution in [0.25, 0.3) is 27.5 Å². The Hall–Kier alpha value is -3.41. The lowest BCUT2D eigenvalue weighted by Crippen LogP contribution is -1.99. The smallest absolute Gasteiger partial charge is 0.331 e. The van der Waals surface area contributed by atoms with Crippen LogP contribution < -0.4 is 0 Å². The normalized spacial score (nSPS) is 12.1. The lowest BCUT2D eigenvalue weighted by molar-refractivity contribution is -0.140. The largest absolute Gasteiger partial charge is 0.344 e. The van der Waals surface area contributed by atoms with Crippen molar-refractivity contribution in [3.8, 4) is 5.69 Å². The van der Waals surface area contributed by atoms with Crippen LogP contribution in [-0.2, 0) is 16.7 Å². The summed E-state index contributed by atoms with van der Waals surface area (Å²) < 4.78 is 4.24. The van der Waals surface area contributed by atoms with Crippen molar-refractivity contribution in [3.63, 3.8) is 0 Å². The Morgan fingerprint density at radius 1 is 1.07 bits per heavy atom. The molecule has 2 aromatic heterocycles. The zero-order chi connectivity index (χ0) is 19.1. The highest BCUT2D eigenvalue weighted by Crippen LogP contribution is 2.31. The van der Waals surface area contributed by atoms with E-state index < -0.39 is 5.97 Å². The van der Waals surface area contributed by atoms with Crippen molar-refractivity contribution in [2.75, 3.05) is 0 Å². The summed E-state index contributed by atoms with van der Waals surface area (Å²) in [4.78, 5) is 20.1. The highest BCUT2D eigenvalue weighted by molar-refractivity contribution is 6.11. The molecule has 2 heterocycles. The predicted molar refractivity (Wildman–Crippen MR) is 106 cm³/mol. The highest BCUT2D eigenvalue weighted by atomic mass is 16.7. The number of aromatic nitrogens is 3. The van der Waals surface area contributed by atoms with Gasteiger partial charge < -0.3 is 14.0 Å². The van der Waals surface area contributed by atoms with E-state index in [0.717, 1.165) is 38.9 Å². The van der Waals surface area contributed by atoms with Crippen LogP contribution in [0, 0.1) is 6.92 Å². The monoisotopic (exact) mass is 360 g/mol. The fourth-order valence-electron chi connectivity index (χ4n) is 3.42. The molecule has 0 saturated carbocycles. The first kappa shape index (κ1) is 17.0. The molecule has 0 saturated heterocycles. The lowest BCUT2D eigenvalue weighted by Gasteiger charge is -2.05. The summed E-state index contributed by atoms with van der Waals surface area (Å²) in [5.74, 6) is 0.514. The van der Waals surface area contributed by atoms with Crippen molar-refractivity contribution < 1.29 is 9.63 Å². The highest BCUT2D eigenvalue weighted by Gasteiger charge is 2.12. The summed E-state index contributed by atoms with van der Waals surface area (Å²) >= 11 is 0. The van der Waals surface area contributed by atoms with Crippen LogP contribution in [-0.4, -0.2) is 25.8 Å². The minimum Gasteiger partial charge on any atom is -0.344 e. The average Bonchev–Trinajstić information content (AvgIpc) is 3.21. The van der Waals surface area contributed by atoms with Gasteiger partial charge in [0.1, 0.15) is 5.82 Å². The first-order valence-corrected chi connectivity index (χ1v) is 8.71. The van der Waals surface area contributed by atoms with Crippen molar-refractivity contribution in [2.24, 2.45) is 12.2 Å². The van der Waals surface area contributed by atoms with Crippen molar-refractivity contribution in [1.29, 1.82) is 0 Å². The third-order valence-corrected chi connectivity index (χ3v) is 4.82. The molecule has 0 fully saturated rings. The first-order valence-electron chi connectivity index (χ1n) is 8.71. The topological polar surface area (TPSA) is 61.4 Å². The summed E-state index contributed by atoms with van der Waals surface area (Å²) in [6.45, 7) is 5.15. The van der Waals surface area contributed by atoms with Gasteiger partial charge >= 0.3 is 5.97 Å². The molecule has 0 unspecified atom stereocenters. The van der Waals surface area contributed by atoms with Gasteiger partial charge in [-0.3, -0.25) is 0 Å². The standard InChI is InChI=1S/C21H20N4O2/c1-13(23-27-15(3)26)16-5-7-20-18(11-16)19-12-17(6-8-21(19)24(20)4)25-10-9-22-14(25)2/h5-12H,1-4H3. The molecule has 0 radical (unpaired) electrons. The van der Waals surface area contributed by atoms with Crippen LogP contribution in [0.15, 0.2) is 53.9 Å². The molecule has 2 aromatic carbocycles. The van der Waals surface area contributed by atoms with E-state index >= 15 is 0 Å². The average molecular weight is 360 g/mol. The second-order valence-electron chi connectivity index (χ2n) is 6.60. The maximum absolute atomic E-state index is 11.0. The van der Waals surface area contributed by atoms with Crippen molar-refractivity contribution in [1.82, 2.24) is 14.1 Å². The molecule has 0 aliphatic carbocycles. The number of hydrogen-bond donors (Lipinski definition) is 0. The summed E-state index contributed by atoms with van der Waals surface area (Å²) in [7, 11) is 2.06. The van der Waals surface area contributed by atoms with E-state index in [1.807, 2.05) is 26.1 Å². The van der Waals surface area contributed by atoms with Crippen LogP contribution in [0.4, 0.5) is 0 Å². The number of benzene rings is 2. The van der Waals surface area contributed by atoms with Crippen LogP contribution in [0.1, 0.15) is 25.2 Å². The third kappa shape index (κ3) is 2.89. The second-order valence-corrected chi connectivity index (χ2v) is 6.60. The number of hydrogen-bond acceptors (Lipinski definition) is 4. The SMILES string of the molecule is CC(=O)ON=C(C)c1ccc2c(c1)c1cc(-n3ccnc3C)ccc1n2C. The Morgan fingerprint density at radius 3 is 2.44 bits per heavy atom. The molecular weight excluding hydrogens is 340 g/mol. The van der Waals surface area contributed by atoms with E-state index in [2.05, 4.69) is 56.7 Å². The first-order chi connectivity index (χ1) is 13.0. The molecule has 6 heteroatoms.